The zero-order valence-corrected chi connectivity index (χ0v) is 17.5. The molecular formula is C22H26N2O6. The Bertz CT molecular complexity index is 875. The third-order valence-electron chi connectivity index (χ3n) is 4.25. The van der Waals surface area contributed by atoms with Gasteiger partial charge in [0.25, 0.3) is 5.69 Å². The van der Waals surface area contributed by atoms with Crippen LogP contribution in [0.2, 0.25) is 0 Å². The largest absolute Gasteiger partial charge is 0.467 e. The van der Waals surface area contributed by atoms with Crippen molar-refractivity contribution in [2.45, 2.75) is 45.4 Å². The molecule has 0 spiro atoms. The molecule has 0 aliphatic rings. The molecule has 0 saturated heterocycles. The average Bonchev–Trinajstić information content (AvgIpc) is 2.69. The molecule has 0 fully saturated rings. The van der Waals surface area contributed by atoms with Gasteiger partial charge in [-0.3, -0.25) is 15.0 Å². The van der Waals surface area contributed by atoms with Crippen molar-refractivity contribution in [3.8, 4) is 0 Å². The molecule has 1 atom stereocenters. The molecule has 0 radical (unpaired) electrons. The van der Waals surface area contributed by atoms with Gasteiger partial charge in [-0.25, -0.2) is 9.59 Å². The van der Waals surface area contributed by atoms with E-state index >= 15 is 0 Å². The Kier molecular flexibility index (Phi) is 7.52. The summed E-state index contributed by atoms with van der Waals surface area (Å²) in [6, 6.07) is 14.1. The summed E-state index contributed by atoms with van der Waals surface area (Å²) in [6.45, 7) is 5.38. The smallest absolute Gasteiger partial charge is 0.411 e. The monoisotopic (exact) mass is 414 g/mol. The predicted molar refractivity (Wildman–Crippen MR) is 111 cm³/mol. The van der Waals surface area contributed by atoms with E-state index in [1.54, 1.807) is 32.9 Å². The van der Waals surface area contributed by atoms with Gasteiger partial charge in [0, 0.05) is 25.1 Å². The van der Waals surface area contributed by atoms with Gasteiger partial charge < -0.3 is 9.47 Å². The van der Waals surface area contributed by atoms with Crippen LogP contribution in [-0.4, -0.2) is 40.6 Å². The van der Waals surface area contributed by atoms with Gasteiger partial charge in [0.2, 0.25) is 0 Å². The molecule has 0 saturated carbocycles. The number of ether oxygens (including phenoxy) is 2. The van der Waals surface area contributed by atoms with Crippen LogP contribution in [0.1, 0.15) is 31.9 Å². The fourth-order valence-corrected chi connectivity index (χ4v) is 2.84. The SMILES string of the molecule is COC(=O)C(Cc1ccc([N+](=O)[O-])cc1)N(Cc1ccccc1)C(=O)OC(C)(C)C. The standard InChI is InChI=1S/C22H26N2O6/c1-22(2,3)30-21(26)23(15-17-8-6-5-7-9-17)19(20(25)29-4)14-16-10-12-18(13-11-16)24(27)28/h5-13,19H,14-15H2,1-4H3. The first kappa shape index (κ1) is 22.9. The van der Waals surface area contributed by atoms with Gasteiger partial charge in [-0.05, 0) is 31.9 Å². The highest BCUT2D eigenvalue weighted by molar-refractivity contribution is 5.82. The second-order valence-corrected chi connectivity index (χ2v) is 7.76. The molecule has 0 aliphatic heterocycles. The van der Waals surface area contributed by atoms with Crippen LogP contribution < -0.4 is 0 Å². The number of rotatable bonds is 7. The molecule has 0 N–H and O–H groups in total. The molecule has 1 unspecified atom stereocenters. The maximum Gasteiger partial charge on any atom is 0.411 e. The summed E-state index contributed by atoms with van der Waals surface area (Å²) in [4.78, 5) is 37.3. The normalized spacial score (nSPS) is 12.0. The minimum Gasteiger partial charge on any atom is -0.467 e. The van der Waals surface area contributed by atoms with Crippen LogP contribution in [0.4, 0.5) is 10.5 Å². The zero-order chi connectivity index (χ0) is 22.3. The Morgan fingerprint density at radius 3 is 2.13 bits per heavy atom. The molecule has 160 valence electrons. The number of amides is 1. The van der Waals surface area contributed by atoms with Crippen LogP contribution in [0, 0.1) is 10.1 Å². The Morgan fingerprint density at radius 1 is 1.03 bits per heavy atom. The molecule has 8 heteroatoms. The van der Waals surface area contributed by atoms with Gasteiger partial charge >= 0.3 is 12.1 Å². The third kappa shape index (κ3) is 6.58. The van der Waals surface area contributed by atoms with Gasteiger partial charge in [0.1, 0.15) is 11.6 Å². The summed E-state index contributed by atoms with van der Waals surface area (Å²) in [5.41, 5.74) is 0.667. The van der Waals surface area contributed by atoms with Crippen molar-refractivity contribution < 1.29 is 24.0 Å². The van der Waals surface area contributed by atoms with E-state index in [0.717, 1.165) is 5.56 Å². The van der Waals surface area contributed by atoms with Crippen molar-refractivity contribution in [3.63, 3.8) is 0 Å². The number of methoxy groups -OCH3 is 1. The zero-order valence-electron chi connectivity index (χ0n) is 17.5. The minimum absolute atomic E-state index is 0.0540. The summed E-state index contributed by atoms with van der Waals surface area (Å²) < 4.78 is 10.5. The highest BCUT2D eigenvalue weighted by Gasteiger charge is 2.34. The number of hydrogen-bond acceptors (Lipinski definition) is 6. The number of nitro groups is 1. The van der Waals surface area contributed by atoms with Gasteiger partial charge in [-0.1, -0.05) is 42.5 Å². The van der Waals surface area contributed by atoms with Gasteiger partial charge in [0.15, 0.2) is 0 Å². The van der Waals surface area contributed by atoms with E-state index in [1.165, 1.54) is 24.1 Å². The quantitative estimate of drug-likeness (QED) is 0.384. The Hall–Kier alpha value is -3.42. The van der Waals surface area contributed by atoms with Crippen LogP contribution in [0.15, 0.2) is 54.6 Å². The topological polar surface area (TPSA) is 99.0 Å². The van der Waals surface area contributed by atoms with Crippen LogP contribution >= 0.6 is 0 Å². The summed E-state index contributed by atoms with van der Waals surface area (Å²) in [7, 11) is 1.25. The van der Waals surface area contributed by atoms with E-state index in [4.69, 9.17) is 9.47 Å². The molecule has 2 rings (SSSR count). The first-order valence-corrected chi connectivity index (χ1v) is 9.45. The molecule has 0 heterocycles. The maximum atomic E-state index is 13.0. The number of hydrogen-bond donors (Lipinski definition) is 0. The van der Waals surface area contributed by atoms with Crippen molar-refractivity contribution in [3.05, 3.63) is 75.8 Å². The van der Waals surface area contributed by atoms with E-state index in [2.05, 4.69) is 0 Å². The number of benzene rings is 2. The first-order valence-electron chi connectivity index (χ1n) is 9.45. The Morgan fingerprint density at radius 2 is 1.63 bits per heavy atom. The molecule has 0 aromatic heterocycles. The second kappa shape index (κ2) is 9.87. The van der Waals surface area contributed by atoms with E-state index in [1.807, 2.05) is 30.3 Å². The Balaban J connectivity index is 2.37. The first-order chi connectivity index (χ1) is 14.1. The van der Waals surface area contributed by atoms with E-state index in [9.17, 15) is 19.7 Å². The van der Waals surface area contributed by atoms with Crippen LogP contribution in [0.3, 0.4) is 0 Å². The lowest BCUT2D eigenvalue weighted by molar-refractivity contribution is -0.384. The van der Waals surface area contributed by atoms with Crippen LogP contribution in [-0.2, 0) is 27.2 Å². The molecule has 30 heavy (non-hydrogen) atoms. The summed E-state index contributed by atoms with van der Waals surface area (Å²) in [5.74, 6) is -0.602. The summed E-state index contributed by atoms with van der Waals surface area (Å²) >= 11 is 0. The minimum atomic E-state index is -0.966. The Labute approximate surface area is 175 Å². The number of nitrogens with zero attached hydrogens (tertiary/aromatic N) is 2. The lowest BCUT2D eigenvalue weighted by Crippen LogP contribution is -2.48. The molecule has 8 nitrogen and oxygen atoms in total. The van der Waals surface area contributed by atoms with Crippen molar-refractivity contribution in [1.82, 2.24) is 4.90 Å². The van der Waals surface area contributed by atoms with Crippen LogP contribution in [0.5, 0.6) is 0 Å². The van der Waals surface area contributed by atoms with Gasteiger partial charge in [-0.2, -0.15) is 0 Å². The molecule has 2 aromatic rings. The van der Waals surface area contributed by atoms with Gasteiger partial charge in [-0.15, -0.1) is 0 Å². The average molecular weight is 414 g/mol. The van der Waals surface area contributed by atoms with E-state index in [0.29, 0.717) is 5.56 Å². The molecule has 2 aromatic carbocycles. The molecular weight excluding hydrogens is 388 g/mol. The van der Waals surface area contributed by atoms with Crippen LogP contribution in [0.25, 0.3) is 0 Å². The van der Waals surface area contributed by atoms with E-state index < -0.39 is 28.6 Å². The number of nitro benzene ring substituents is 1. The van der Waals surface area contributed by atoms with Crippen molar-refractivity contribution in [2.75, 3.05) is 7.11 Å². The van der Waals surface area contributed by atoms with Crippen molar-refractivity contribution in [1.29, 1.82) is 0 Å². The lowest BCUT2D eigenvalue weighted by atomic mass is 10.0. The number of non-ortho nitro benzene ring substituents is 1. The van der Waals surface area contributed by atoms with E-state index in [-0.39, 0.29) is 18.7 Å². The summed E-state index contributed by atoms with van der Waals surface area (Å²) in [5, 5.41) is 10.9. The highest BCUT2D eigenvalue weighted by atomic mass is 16.6. The fraction of sp³-hybridized carbons (Fsp3) is 0.364. The highest BCUT2D eigenvalue weighted by Crippen LogP contribution is 2.20. The fourth-order valence-electron chi connectivity index (χ4n) is 2.84. The summed E-state index contributed by atoms with van der Waals surface area (Å²) in [6.07, 6.45) is -0.528. The maximum absolute atomic E-state index is 13.0. The van der Waals surface area contributed by atoms with Gasteiger partial charge in [0.05, 0.1) is 12.0 Å². The second-order valence-electron chi connectivity index (χ2n) is 7.76. The predicted octanol–water partition coefficient (Wildman–Crippen LogP) is 4.12. The number of esters is 1. The van der Waals surface area contributed by atoms with Crippen molar-refractivity contribution in [2.24, 2.45) is 0 Å². The number of carbonyl (C=O) groups is 2. The lowest BCUT2D eigenvalue weighted by Gasteiger charge is -2.32. The molecule has 1 amide bonds. The molecule has 0 aliphatic carbocycles. The van der Waals surface area contributed by atoms with Crippen molar-refractivity contribution >= 4 is 17.7 Å². The third-order valence-corrected chi connectivity index (χ3v) is 4.25. The number of carbonyl (C=O) groups excluding carboxylic acids is 2. The molecule has 0 bridgehead atoms.